The lowest BCUT2D eigenvalue weighted by atomic mass is 9.92. The minimum atomic E-state index is -0.201. The highest BCUT2D eigenvalue weighted by atomic mass is 35.5. The molecule has 1 nitrogen and oxygen atoms in total. The Bertz CT molecular complexity index is 625. The molecular formula is C18H21ClFN. The van der Waals surface area contributed by atoms with Crippen LogP contribution in [0.1, 0.15) is 41.6 Å². The van der Waals surface area contributed by atoms with Crippen molar-refractivity contribution in [3.05, 3.63) is 69.5 Å². The molecule has 0 saturated heterocycles. The zero-order valence-electron chi connectivity index (χ0n) is 12.7. The molecule has 0 amide bonds. The summed E-state index contributed by atoms with van der Waals surface area (Å²) in [4.78, 5) is 0. The molecule has 0 fully saturated rings. The summed E-state index contributed by atoms with van der Waals surface area (Å²) in [7, 11) is 0. The second-order valence-electron chi connectivity index (χ2n) is 5.34. The molecule has 0 radical (unpaired) electrons. The van der Waals surface area contributed by atoms with Gasteiger partial charge in [-0.25, -0.2) is 4.39 Å². The zero-order chi connectivity index (χ0) is 15.4. The van der Waals surface area contributed by atoms with Gasteiger partial charge in [0.1, 0.15) is 5.82 Å². The van der Waals surface area contributed by atoms with Crippen LogP contribution in [0.15, 0.2) is 36.4 Å². The van der Waals surface area contributed by atoms with Crippen molar-refractivity contribution in [2.75, 3.05) is 6.54 Å². The van der Waals surface area contributed by atoms with E-state index in [9.17, 15) is 4.39 Å². The molecule has 2 rings (SSSR count). The van der Waals surface area contributed by atoms with Gasteiger partial charge in [-0.2, -0.15) is 0 Å². The van der Waals surface area contributed by atoms with E-state index >= 15 is 0 Å². The molecule has 1 unspecified atom stereocenters. The summed E-state index contributed by atoms with van der Waals surface area (Å²) in [5, 5.41) is 4.31. The van der Waals surface area contributed by atoms with E-state index < -0.39 is 0 Å². The Hall–Kier alpha value is -1.38. The van der Waals surface area contributed by atoms with Crippen LogP contribution in [-0.4, -0.2) is 6.54 Å². The van der Waals surface area contributed by atoms with Crippen LogP contribution in [-0.2, 0) is 0 Å². The Labute approximate surface area is 131 Å². The molecule has 1 N–H and O–H groups in total. The molecule has 2 aromatic rings. The van der Waals surface area contributed by atoms with Crippen LogP contribution in [0.2, 0.25) is 5.02 Å². The molecule has 0 aliphatic rings. The van der Waals surface area contributed by atoms with Crippen LogP contribution < -0.4 is 5.32 Å². The fourth-order valence-electron chi connectivity index (χ4n) is 2.58. The highest BCUT2D eigenvalue weighted by Crippen LogP contribution is 2.30. The smallest absolute Gasteiger partial charge is 0.123 e. The summed E-state index contributed by atoms with van der Waals surface area (Å²) >= 11 is 6.26. The van der Waals surface area contributed by atoms with Crippen LogP contribution >= 0.6 is 11.6 Å². The van der Waals surface area contributed by atoms with Gasteiger partial charge in [-0.3, -0.25) is 0 Å². The first-order valence-electron chi connectivity index (χ1n) is 7.29. The summed E-state index contributed by atoms with van der Waals surface area (Å²) in [5.41, 5.74) is 4.25. The molecule has 0 saturated carbocycles. The predicted molar refractivity (Wildman–Crippen MR) is 87.5 cm³/mol. The number of hydrogen-bond donors (Lipinski definition) is 1. The summed E-state index contributed by atoms with van der Waals surface area (Å²) in [6.45, 7) is 7.00. The van der Waals surface area contributed by atoms with Gasteiger partial charge in [-0.15, -0.1) is 0 Å². The van der Waals surface area contributed by atoms with E-state index in [0.29, 0.717) is 0 Å². The van der Waals surface area contributed by atoms with E-state index in [-0.39, 0.29) is 11.9 Å². The lowest BCUT2D eigenvalue weighted by molar-refractivity contribution is 0.588. The van der Waals surface area contributed by atoms with E-state index in [1.54, 1.807) is 6.07 Å². The lowest BCUT2D eigenvalue weighted by Crippen LogP contribution is -2.24. The Morgan fingerprint density at radius 1 is 1.14 bits per heavy atom. The second-order valence-corrected chi connectivity index (χ2v) is 5.75. The highest BCUT2D eigenvalue weighted by Gasteiger charge is 2.18. The Morgan fingerprint density at radius 2 is 1.90 bits per heavy atom. The first kappa shape index (κ1) is 16.0. The van der Waals surface area contributed by atoms with Crippen molar-refractivity contribution in [1.29, 1.82) is 0 Å². The van der Waals surface area contributed by atoms with Crippen molar-refractivity contribution in [2.24, 2.45) is 0 Å². The van der Waals surface area contributed by atoms with Gasteiger partial charge in [0, 0.05) is 5.02 Å². The number of hydrogen-bond acceptors (Lipinski definition) is 1. The van der Waals surface area contributed by atoms with E-state index in [4.69, 9.17) is 11.6 Å². The largest absolute Gasteiger partial charge is 0.306 e. The molecule has 0 aliphatic carbocycles. The summed E-state index contributed by atoms with van der Waals surface area (Å²) < 4.78 is 13.4. The molecule has 0 spiro atoms. The molecular weight excluding hydrogens is 285 g/mol. The third-order valence-corrected chi connectivity index (χ3v) is 4.17. The van der Waals surface area contributed by atoms with E-state index in [0.717, 1.165) is 40.2 Å². The maximum Gasteiger partial charge on any atom is 0.123 e. The molecule has 0 bridgehead atoms. The third-order valence-electron chi connectivity index (χ3n) is 3.76. The Morgan fingerprint density at radius 3 is 2.57 bits per heavy atom. The van der Waals surface area contributed by atoms with Gasteiger partial charge < -0.3 is 5.32 Å². The summed E-state index contributed by atoms with van der Waals surface area (Å²) in [5.74, 6) is -0.201. The van der Waals surface area contributed by atoms with Gasteiger partial charge in [0.25, 0.3) is 0 Å². The maximum absolute atomic E-state index is 13.4. The van der Waals surface area contributed by atoms with Crippen molar-refractivity contribution in [3.8, 4) is 0 Å². The number of aryl methyl sites for hydroxylation is 1. The van der Waals surface area contributed by atoms with Gasteiger partial charge >= 0.3 is 0 Å². The third kappa shape index (κ3) is 3.63. The van der Waals surface area contributed by atoms with Gasteiger partial charge in [-0.1, -0.05) is 36.7 Å². The van der Waals surface area contributed by atoms with Crippen molar-refractivity contribution in [1.82, 2.24) is 5.32 Å². The lowest BCUT2D eigenvalue weighted by Gasteiger charge is -2.23. The summed E-state index contributed by atoms with van der Waals surface area (Å²) in [6.07, 6.45) is 1.04. The minimum Gasteiger partial charge on any atom is -0.306 e. The number of halogens is 2. The molecule has 0 aliphatic heterocycles. The SMILES string of the molecule is CCCNC(c1ccc(F)cc1C)c1cccc(Cl)c1C. The van der Waals surface area contributed by atoms with Gasteiger partial charge in [0.05, 0.1) is 6.04 Å². The quantitative estimate of drug-likeness (QED) is 0.802. The van der Waals surface area contributed by atoms with Crippen LogP contribution in [0, 0.1) is 19.7 Å². The fraction of sp³-hybridized carbons (Fsp3) is 0.333. The van der Waals surface area contributed by atoms with Crippen molar-refractivity contribution >= 4 is 11.6 Å². The van der Waals surface area contributed by atoms with Gasteiger partial charge in [0.2, 0.25) is 0 Å². The van der Waals surface area contributed by atoms with Crippen molar-refractivity contribution in [3.63, 3.8) is 0 Å². The highest BCUT2D eigenvalue weighted by molar-refractivity contribution is 6.31. The van der Waals surface area contributed by atoms with Crippen molar-refractivity contribution in [2.45, 2.75) is 33.2 Å². The predicted octanol–water partition coefficient (Wildman–Crippen LogP) is 5.18. The molecule has 2 aromatic carbocycles. The normalized spacial score (nSPS) is 12.4. The number of rotatable bonds is 5. The monoisotopic (exact) mass is 305 g/mol. The van der Waals surface area contributed by atoms with E-state index in [2.05, 4.69) is 18.3 Å². The van der Waals surface area contributed by atoms with E-state index in [1.165, 1.54) is 6.07 Å². The molecule has 21 heavy (non-hydrogen) atoms. The standard InChI is InChI=1S/C18H21ClFN/c1-4-10-21-18(15-9-8-14(20)11-12(15)2)16-6-5-7-17(19)13(16)3/h5-9,11,18,21H,4,10H2,1-3H3. The molecule has 3 heteroatoms. The summed E-state index contributed by atoms with van der Waals surface area (Å²) in [6, 6.07) is 10.9. The van der Waals surface area contributed by atoms with Crippen molar-refractivity contribution < 1.29 is 4.39 Å². The second kappa shape index (κ2) is 7.06. The average molecular weight is 306 g/mol. The number of benzene rings is 2. The number of nitrogens with one attached hydrogen (secondary N) is 1. The molecule has 0 heterocycles. The molecule has 0 aromatic heterocycles. The minimum absolute atomic E-state index is 0.0317. The topological polar surface area (TPSA) is 12.0 Å². The maximum atomic E-state index is 13.4. The van der Waals surface area contributed by atoms with Gasteiger partial charge in [0.15, 0.2) is 0 Å². The Balaban J connectivity index is 2.49. The Kier molecular flexibility index (Phi) is 5.38. The van der Waals surface area contributed by atoms with Crippen LogP contribution in [0.25, 0.3) is 0 Å². The molecule has 1 atom stereocenters. The van der Waals surface area contributed by atoms with E-state index in [1.807, 2.05) is 32.0 Å². The van der Waals surface area contributed by atoms with Crippen LogP contribution in [0.4, 0.5) is 4.39 Å². The van der Waals surface area contributed by atoms with Gasteiger partial charge in [-0.05, 0) is 67.3 Å². The first-order valence-corrected chi connectivity index (χ1v) is 7.66. The fourth-order valence-corrected chi connectivity index (χ4v) is 2.76. The molecule has 112 valence electrons. The first-order chi connectivity index (χ1) is 10.0. The van der Waals surface area contributed by atoms with Crippen LogP contribution in [0.5, 0.6) is 0 Å². The average Bonchev–Trinajstić information content (AvgIpc) is 2.45. The zero-order valence-corrected chi connectivity index (χ0v) is 13.5. The van der Waals surface area contributed by atoms with Crippen LogP contribution in [0.3, 0.4) is 0 Å².